The average Bonchev–Trinajstić information content (AvgIpc) is 2.46. The van der Waals surface area contributed by atoms with Crippen molar-refractivity contribution in [2.45, 2.75) is 25.4 Å². The third kappa shape index (κ3) is 2.75. The van der Waals surface area contributed by atoms with Crippen molar-refractivity contribution in [1.29, 1.82) is 0 Å². The number of halogens is 3. The molecule has 1 atom stereocenters. The van der Waals surface area contributed by atoms with Gasteiger partial charge in [-0.15, -0.1) is 0 Å². The first-order valence-electron chi connectivity index (χ1n) is 6.97. The molecule has 0 bridgehead atoms. The Labute approximate surface area is 121 Å². The fourth-order valence-corrected chi connectivity index (χ4v) is 2.84. The van der Waals surface area contributed by atoms with Gasteiger partial charge in [-0.3, -0.25) is 0 Å². The Hall–Kier alpha value is -1.97. The van der Waals surface area contributed by atoms with Gasteiger partial charge in [-0.1, -0.05) is 35.9 Å². The molecule has 0 fully saturated rings. The van der Waals surface area contributed by atoms with Crippen molar-refractivity contribution in [2.75, 3.05) is 11.9 Å². The number of aryl methyl sites for hydroxylation is 1. The number of benzene rings is 2. The fraction of sp³-hybridized carbons (Fsp3) is 0.294. The molecule has 1 unspecified atom stereocenters. The Bertz CT molecular complexity index is 644. The van der Waals surface area contributed by atoms with E-state index < -0.39 is 11.7 Å². The van der Waals surface area contributed by atoms with Gasteiger partial charge in [-0.05, 0) is 36.6 Å². The first-order valence-corrected chi connectivity index (χ1v) is 6.97. The van der Waals surface area contributed by atoms with E-state index in [1.807, 2.05) is 19.1 Å². The van der Waals surface area contributed by atoms with Gasteiger partial charge in [-0.25, -0.2) is 0 Å². The molecular weight excluding hydrogens is 275 g/mol. The van der Waals surface area contributed by atoms with Crippen LogP contribution < -0.4 is 5.32 Å². The predicted octanol–water partition coefficient (Wildman–Crippen LogP) is 4.96. The van der Waals surface area contributed by atoms with Crippen molar-refractivity contribution in [3.8, 4) is 0 Å². The largest absolute Gasteiger partial charge is 0.416 e. The molecular formula is C17H16F3N. The lowest BCUT2D eigenvalue weighted by Gasteiger charge is -2.28. The Kier molecular flexibility index (Phi) is 3.40. The molecule has 0 aliphatic carbocycles. The minimum absolute atomic E-state index is 0.157. The van der Waals surface area contributed by atoms with E-state index in [1.165, 1.54) is 17.7 Å². The topological polar surface area (TPSA) is 12.0 Å². The predicted molar refractivity (Wildman–Crippen MR) is 77.6 cm³/mol. The van der Waals surface area contributed by atoms with Crippen LogP contribution in [-0.4, -0.2) is 6.54 Å². The van der Waals surface area contributed by atoms with Crippen molar-refractivity contribution in [1.82, 2.24) is 0 Å². The van der Waals surface area contributed by atoms with Gasteiger partial charge in [0.25, 0.3) is 0 Å². The highest BCUT2D eigenvalue weighted by molar-refractivity contribution is 5.59. The summed E-state index contributed by atoms with van der Waals surface area (Å²) in [6.07, 6.45) is -3.41. The minimum atomic E-state index is -4.30. The van der Waals surface area contributed by atoms with Gasteiger partial charge in [0.2, 0.25) is 0 Å². The SMILES string of the molecule is Cc1ccc(C2CCNc3cc(C(F)(F)F)ccc32)cc1. The molecule has 1 aliphatic heterocycles. The maximum absolute atomic E-state index is 12.8. The quantitative estimate of drug-likeness (QED) is 0.783. The van der Waals surface area contributed by atoms with Crippen molar-refractivity contribution in [3.63, 3.8) is 0 Å². The van der Waals surface area contributed by atoms with Gasteiger partial charge in [0.15, 0.2) is 0 Å². The van der Waals surface area contributed by atoms with Crippen LogP contribution in [0.4, 0.5) is 18.9 Å². The summed E-state index contributed by atoms with van der Waals surface area (Å²) in [6, 6.07) is 12.2. The second kappa shape index (κ2) is 5.10. The molecule has 0 amide bonds. The summed E-state index contributed by atoms with van der Waals surface area (Å²) in [5.74, 6) is 0.157. The first-order chi connectivity index (χ1) is 9.95. The number of anilines is 1. The standard InChI is InChI=1S/C17H16F3N/c1-11-2-4-12(5-3-11)14-8-9-21-16-10-13(17(18,19)20)6-7-15(14)16/h2-7,10,14,21H,8-9H2,1H3. The molecule has 3 rings (SSSR count). The van der Waals surface area contributed by atoms with E-state index in [0.717, 1.165) is 17.5 Å². The summed E-state index contributed by atoms with van der Waals surface area (Å²) in [5.41, 5.74) is 3.28. The molecule has 1 aliphatic rings. The fourth-order valence-electron chi connectivity index (χ4n) is 2.84. The van der Waals surface area contributed by atoms with Gasteiger partial charge >= 0.3 is 6.18 Å². The van der Waals surface area contributed by atoms with Gasteiger partial charge in [0.05, 0.1) is 5.56 Å². The molecule has 4 heteroatoms. The number of fused-ring (bicyclic) bond motifs is 1. The third-order valence-corrected chi connectivity index (χ3v) is 3.98. The van der Waals surface area contributed by atoms with Gasteiger partial charge in [0.1, 0.15) is 0 Å². The maximum Gasteiger partial charge on any atom is 0.416 e. The van der Waals surface area contributed by atoms with Crippen molar-refractivity contribution >= 4 is 5.69 Å². The number of hydrogen-bond acceptors (Lipinski definition) is 1. The monoisotopic (exact) mass is 291 g/mol. The summed E-state index contributed by atoms with van der Waals surface area (Å²) < 4.78 is 38.4. The summed E-state index contributed by atoms with van der Waals surface area (Å²) in [7, 11) is 0. The molecule has 21 heavy (non-hydrogen) atoms. The Balaban J connectivity index is 2.00. The van der Waals surface area contributed by atoms with E-state index in [-0.39, 0.29) is 5.92 Å². The highest BCUT2D eigenvalue weighted by Crippen LogP contribution is 2.40. The Morgan fingerprint density at radius 1 is 1.05 bits per heavy atom. The van der Waals surface area contributed by atoms with E-state index >= 15 is 0 Å². The lowest BCUT2D eigenvalue weighted by atomic mass is 9.84. The van der Waals surface area contributed by atoms with Crippen LogP contribution in [0.3, 0.4) is 0 Å². The number of hydrogen-bond donors (Lipinski definition) is 1. The van der Waals surface area contributed by atoms with E-state index in [2.05, 4.69) is 17.4 Å². The third-order valence-electron chi connectivity index (χ3n) is 3.98. The number of alkyl halides is 3. The highest BCUT2D eigenvalue weighted by atomic mass is 19.4. The van der Waals surface area contributed by atoms with Crippen LogP contribution in [0.25, 0.3) is 0 Å². The van der Waals surface area contributed by atoms with Gasteiger partial charge in [0, 0.05) is 18.2 Å². The summed E-state index contributed by atoms with van der Waals surface area (Å²) >= 11 is 0. The van der Waals surface area contributed by atoms with Crippen LogP contribution in [0, 0.1) is 6.92 Å². The molecule has 2 aromatic rings. The zero-order valence-corrected chi connectivity index (χ0v) is 11.7. The normalized spacial score (nSPS) is 18.0. The van der Waals surface area contributed by atoms with Crippen LogP contribution in [0.5, 0.6) is 0 Å². The van der Waals surface area contributed by atoms with Crippen molar-refractivity contribution in [2.24, 2.45) is 0 Å². The summed E-state index contributed by atoms with van der Waals surface area (Å²) in [6.45, 7) is 2.71. The smallest absolute Gasteiger partial charge is 0.385 e. The summed E-state index contributed by atoms with van der Waals surface area (Å²) in [4.78, 5) is 0. The Morgan fingerprint density at radius 3 is 2.43 bits per heavy atom. The molecule has 0 saturated heterocycles. The second-order valence-electron chi connectivity index (χ2n) is 5.48. The zero-order valence-electron chi connectivity index (χ0n) is 11.7. The van der Waals surface area contributed by atoms with Crippen molar-refractivity contribution in [3.05, 3.63) is 64.7 Å². The molecule has 0 radical (unpaired) electrons. The minimum Gasteiger partial charge on any atom is -0.385 e. The molecule has 110 valence electrons. The molecule has 1 heterocycles. The van der Waals surface area contributed by atoms with Crippen LogP contribution in [0.15, 0.2) is 42.5 Å². The molecule has 1 nitrogen and oxygen atoms in total. The van der Waals surface area contributed by atoms with Gasteiger partial charge in [-0.2, -0.15) is 13.2 Å². The maximum atomic E-state index is 12.8. The van der Waals surface area contributed by atoms with Crippen LogP contribution in [-0.2, 0) is 6.18 Å². The summed E-state index contributed by atoms with van der Waals surface area (Å²) in [5, 5.41) is 3.09. The zero-order chi connectivity index (χ0) is 15.0. The number of rotatable bonds is 1. The van der Waals surface area contributed by atoms with E-state index in [9.17, 15) is 13.2 Å². The molecule has 0 saturated carbocycles. The Morgan fingerprint density at radius 2 is 1.76 bits per heavy atom. The average molecular weight is 291 g/mol. The van der Waals surface area contributed by atoms with E-state index in [4.69, 9.17) is 0 Å². The lowest BCUT2D eigenvalue weighted by Crippen LogP contribution is -2.18. The number of nitrogens with one attached hydrogen (secondary N) is 1. The van der Waals surface area contributed by atoms with E-state index in [1.54, 1.807) is 6.07 Å². The first kappa shape index (κ1) is 14.0. The molecule has 2 aromatic carbocycles. The van der Waals surface area contributed by atoms with Crippen molar-refractivity contribution < 1.29 is 13.2 Å². The van der Waals surface area contributed by atoms with E-state index in [0.29, 0.717) is 12.2 Å². The lowest BCUT2D eigenvalue weighted by molar-refractivity contribution is -0.137. The van der Waals surface area contributed by atoms with Gasteiger partial charge < -0.3 is 5.32 Å². The highest BCUT2D eigenvalue weighted by Gasteiger charge is 2.32. The molecule has 0 aromatic heterocycles. The van der Waals surface area contributed by atoms with Crippen LogP contribution in [0.1, 0.15) is 34.6 Å². The second-order valence-corrected chi connectivity index (χ2v) is 5.48. The van der Waals surface area contributed by atoms with Crippen LogP contribution >= 0.6 is 0 Å². The molecule has 1 N–H and O–H groups in total. The van der Waals surface area contributed by atoms with Crippen LogP contribution in [0.2, 0.25) is 0 Å². The molecule has 0 spiro atoms.